The minimum absolute atomic E-state index is 0.0199. The number of amides is 1. The van der Waals surface area contributed by atoms with Gasteiger partial charge >= 0.3 is 0 Å². The summed E-state index contributed by atoms with van der Waals surface area (Å²) < 4.78 is 19.1. The molecule has 4 nitrogen and oxygen atoms in total. The number of piperidine rings is 1. The van der Waals surface area contributed by atoms with Gasteiger partial charge in [-0.25, -0.2) is 4.39 Å². The largest absolute Gasteiger partial charge is 0.495 e. The first-order chi connectivity index (χ1) is 13.0. The molecule has 144 valence electrons. The Balaban J connectivity index is 1.52. The average molecular weight is 411 g/mol. The molecule has 1 aliphatic heterocycles. The zero-order valence-electron chi connectivity index (χ0n) is 15.0. The zero-order chi connectivity index (χ0) is 19.4. The Bertz CT molecular complexity index is 824. The zero-order valence-corrected chi connectivity index (χ0v) is 16.5. The Morgan fingerprint density at radius 3 is 2.59 bits per heavy atom. The fraction of sp³-hybridized carbons (Fsp3) is 0.350. The molecular formula is C20H21Cl2FN2O2. The van der Waals surface area contributed by atoms with Gasteiger partial charge in [-0.05, 0) is 56.3 Å². The molecule has 1 N–H and O–H groups in total. The number of anilines is 1. The van der Waals surface area contributed by atoms with Crippen molar-refractivity contribution in [3.05, 3.63) is 57.8 Å². The van der Waals surface area contributed by atoms with Crippen LogP contribution in [0.5, 0.6) is 5.75 Å². The molecule has 0 radical (unpaired) electrons. The first-order valence-electron chi connectivity index (χ1n) is 8.77. The van der Waals surface area contributed by atoms with Crippen molar-refractivity contribution in [2.75, 3.05) is 25.5 Å². The summed E-state index contributed by atoms with van der Waals surface area (Å²) in [5.41, 5.74) is 1.27. The number of nitrogens with zero attached hydrogens (tertiary/aromatic N) is 1. The van der Waals surface area contributed by atoms with Gasteiger partial charge in [0.1, 0.15) is 11.6 Å². The van der Waals surface area contributed by atoms with Crippen LogP contribution in [0.3, 0.4) is 0 Å². The summed E-state index contributed by atoms with van der Waals surface area (Å²) in [6, 6.07) is 9.90. The molecular weight excluding hydrogens is 390 g/mol. The van der Waals surface area contributed by atoms with Crippen LogP contribution in [0.25, 0.3) is 0 Å². The van der Waals surface area contributed by atoms with E-state index in [4.69, 9.17) is 27.9 Å². The maximum absolute atomic E-state index is 13.9. The minimum atomic E-state index is -0.293. The van der Waals surface area contributed by atoms with E-state index in [1.54, 1.807) is 37.4 Å². The predicted octanol–water partition coefficient (Wildman–Crippen LogP) is 4.99. The van der Waals surface area contributed by atoms with Crippen LogP contribution < -0.4 is 10.1 Å². The fourth-order valence-corrected chi connectivity index (χ4v) is 3.65. The Hall–Kier alpha value is -1.82. The van der Waals surface area contributed by atoms with Crippen molar-refractivity contribution in [1.82, 2.24) is 4.90 Å². The molecule has 27 heavy (non-hydrogen) atoms. The van der Waals surface area contributed by atoms with Crippen LogP contribution in [0, 0.1) is 11.7 Å². The third kappa shape index (κ3) is 5.12. The Morgan fingerprint density at radius 2 is 1.96 bits per heavy atom. The van der Waals surface area contributed by atoms with Crippen molar-refractivity contribution in [2.24, 2.45) is 5.92 Å². The van der Waals surface area contributed by atoms with Gasteiger partial charge in [0, 0.05) is 28.7 Å². The maximum Gasteiger partial charge on any atom is 0.227 e. The number of ether oxygens (including phenoxy) is 1. The lowest BCUT2D eigenvalue weighted by Crippen LogP contribution is -2.37. The van der Waals surface area contributed by atoms with Crippen molar-refractivity contribution in [3.8, 4) is 5.75 Å². The second-order valence-electron chi connectivity index (χ2n) is 6.62. The van der Waals surface area contributed by atoms with Gasteiger partial charge in [-0.3, -0.25) is 9.69 Å². The van der Waals surface area contributed by atoms with E-state index in [9.17, 15) is 9.18 Å². The highest BCUT2D eigenvalue weighted by atomic mass is 35.5. The number of likely N-dealkylation sites (tertiary alicyclic amines) is 1. The van der Waals surface area contributed by atoms with E-state index in [0.29, 0.717) is 33.6 Å². The van der Waals surface area contributed by atoms with Crippen molar-refractivity contribution >= 4 is 34.8 Å². The predicted molar refractivity (Wildman–Crippen MR) is 106 cm³/mol. The second-order valence-corrected chi connectivity index (χ2v) is 7.47. The fourth-order valence-electron chi connectivity index (χ4n) is 3.23. The molecule has 1 fully saturated rings. The van der Waals surface area contributed by atoms with Crippen molar-refractivity contribution in [2.45, 2.75) is 19.4 Å². The van der Waals surface area contributed by atoms with E-state index in [2.05, 4.69) is 10.2 Å². The molecule has 0 bridgehead atoms. The molecule has 1 saturated heterocycles. The van der Waals surface area contributed by atoms with Gasteiger partial charge in [0.15, 0.2) is 0 Å². The molecule has 0 spiro atoms. The van der Waals surface area contributed by atoms with Crippen molar-refractivity contribution in [3.63, 3.8) is 0 Å². The van der Waals surface area contributed by atoms with Gasteiger partial charge in [-0.2, -0.15) is 0 Å². The highest BCUT2D eigenvalue weighted by molar-refractivity contribution is 6.32. The molecule has 0 saturated carbocycles. The standard InChI is InChI=1S/C20H21Cl2FN2O2/c1-27-19-5-4-16(11-17(19)22)24-20(26)13-6-8-25(9-7-13)12-14-2-3-15(21)10-18(14)23/h2-5,10-11,13H,6-9,12H2,1H3,(H,24,26). The molecule has 2 aromatic rings. The summed E-state index contributed by atoms with van der Waals surface area (Å²) in [6.07, 6.45) is 1.45. The number of hydrogen-bond acceptors (Lipinski definition) is 3. The van der Waals surface area contributed by atoms with Crippen molar-refractivity contribution < 1.29 is 13.9 Å². The smallest absolute Gasteiger partial charge is 0.227 e. The molecule has 0 unspecified atom stereocenters. The molecule has 0 aromatic heterocycles. The SMILES string of the molecule is COc1ccc(NC(=O)C2CCN(Cc3ccc(Cl)cc3F)CC2)cc1Cl. The molecule has 0 aliphatic carbocycles. The normalized spacial score (nSPS) is 15.6. The lowest BCUT2D eigenvalue weighted by molar-refractivity contribution is -0.121. The number of methoxy groups -OCH3 is 1. The molecule has 7 heteroatoms. The van der Waals surface area contributed by atoms with Crippen LogP contribution in [0.4, 0.5) is 10.1 Å². The van der Waals surface area contributed by atoms with Gasteiger partial charge in [0.25, 0.3) is 0 Å². The Morgan fingerprint density at radius 1 is 1.22 bits per heavy atom. The third-order valence-electron chi connectivity index (χ3n) is 4.79. The molecule has 1 aliphatic rings. The lowest BCUT2D eigenvalue weighted by Gasteiger charge is -2.31. The van der Waals surface area contributed by atoms with E-state index in [0.717, 1.165) is 25.9 Å². The highest BCUT2D eigenvalue weighted by Gasteiger charge is 2.25. The van der Waals surface area contributed by atoms with Gasteiger partial charge < -0.3 is 10.1 Å². The van der Waals surface area contributed by atoms with E-state index in [1.807, 2.05) is 0 Å². The molecule has 2 aromatic carbocycles. The number of halogens is 3. The molecule has 1 heterocycles. The number of rotatable bonds is 5. The number of carbonyl (C=O) groups excluding carboxylic acids is 1. The third-order valence-corrected chi connectivity index (χ3v) is 5.32. The van der Waals surface area contributed by atoms with E-state index in [-0.39, 0.29) is 17.6 Å². The van der Waals surface area contributed by atoms with E-state index >= 15 is 0 Å². The topological polar surface area (TPSA) is 41.6 Å². The lowest BCUT2D eigenvalue weighted by atomic mass is 9.95. The van der Waals surface area contributed by atoms with Gasteiger partial charge in [0.05, 0.1) is 12.1 Å². The number of benzene rings is 2. The number of hydrogen-bond donors (Lipinski definition) is 1. The Kier molecular flexibility index (Phi) is 6.58. The summed E-state index contributed by atoms with van der Waals surface area (Å²) in [4.78, 5) is 14.7. The summed E-state index contributed by atoms with van der Waals surface area (Å²) in [7, 11) is 1.54. The van der Waals surface area contributed by atoms with Gasteiger partial charge in [-0.1, -0.05) is 29.3 Å². The van der Waals surface area contributed by atoms with E-state index in [1.165, 1.54) is 6.07 Å². The van der Waals surface area contributed by atoms with Crippen LogP contribution in [-0.4, -0.2) is 31.0 Å². The summed E-state index contributed by atoms with van der Waals surface area (Å²) in [5.74, 6) is 0.182. The quantitative estimate of drug-likeness (QED) is 0.754. The van der Waals surface area contributed by atoms with Crippen LogP contribution in [0.15, 0.2) is 36.4 Å². The molecule has 0 atom stereocenters. The first-order valence-corrected chi connectivity index (χ1v) is 9.52. The maximum atomic E-state index is 13.9. The minimum Gasteiger partial charge on any atom is -0.495 e. The van der Waals surface area contributed by atoms with E-state index < -0.39 is 0 Å². The van der Waals surface area contributed by atoms with Crippen LogP contribution in [0.2, 0.25) is 10.0 Å². The van der Waals surface area contributed by atoms with Gasteiger partial charge in [-0.15, -0.1) is 0 Å². The van der Waals surface area contributed by atoms with Crippen LogP contribution >= 0.6 is 23.2 Å². The van der Waals surface area contributed by atoms with Gasteiger partial charge in [0.2, 0.25) is 5.91 Å². The second kappa shape index (κ2) is 8.91. The summed E-state index contributed by atoms with van der Waals surface area (Å²) in [5, 5.41) is 3.76. The van der Waals surface area contributed by atoms with Crippen molar-refractivity contribution in [1.29, 1.82) is 0 Å². The van der Waals surface area contributed by atoms with Crippen LogP contribution in [0.1, 0.15) is 18.4 Å². The average Bonchev–Trinajstić information content (AvgIpc) is 2.65. The Labute approximate surface area is 168 Å². The number of nitrogens with one attached hydrogen (secondary N) is 1. The highest BCUT2D eigenvalue weighted by Crippen LogP contribution is 2.28. The number of carbonyl (C=O) groups is 1. The molecule has 1 amide bonds. The summed E-state index contributed by atoms with van der Waals surface area (Å²) >= 11 is 11.9. The molecule has 3 rings (SSSR count). The summed E-state index contributed by atoms with van der Waals surface area (Å²) in [6.45, 7) is 2.00. The monoisotopic (exact) mass is 410 g/mol. The first kappa shape index (κ1) is 19.9. The van der Waals surface area contributed by atoms with Crippen LogP contribution in [-0.2, 0) is 11.3 Å².